The zero-order chi connectivity index (χ0) is 21.8. The maximum atomic E-state index is 14.4. The highest BCUT2D eigenvalue weighted by Crippen LogP contribution is 2.27. The van der Waals surface area contributed by atoms with E-state index < -0.39 is 11.6 Å². The molecule has 0 unspecified atom stereocenters. The first kappa shape index (κ1) is 21.0. The minimum Gasteiger partial charge on any atom is -0.379 e. The Balaban J connectivity index is 1.61. The number of aromatic nitrogens is 4. The van der Waals surface area contributed by atoms with E-state index in [1.807, 2.05) is 6.92 Å². The van der Waals surface area contributed by atoms with Gasteiger partial charge in [-0.3, -0.25) is 9.69 Å². The average Bonchev–Trinajstić information content (AvgIpc) is 3.29. The number of nitrogens with one attached hydrogen (secondary N) is 1. The van der Waals surface area contributed by atoms with Gasteiger partial charge in [-0.2, -0.15) is 0 Å². The first-order valence-electron chi connectivity index (χ1n) is 9.94. The molecule has 0 bridgehead atoms. The Morgan fingerprint density at radius 2 is 2.00 bits per heavy atom. The molecule has 1 fully saturated rings. The second-order valence-electron chi connectivity index (χ2n) is 7.43. The summed E-state index contributed by atoms with van der Waals surface area (Å²) in [6.07, 6.45) is 1.38. The van der Waals surface area contributed by atoms with Crippen molar-refractivity contribution in [2.45, 2.75) is 13.0 Å². The maximum absolute atomic E-state index is 14.4. The van der Waals surface area contributed by atoms with Crippen LogP contribution in [0.4, 0.5) is 8.78 Å². The molecule has 1 atom stereocenters. The van der Waals surface area contributed by atoms with Crippen molar-refractivity contribution in [2.75, 3.05) is 32.8 Å². The van der Waals surface area contributed by atoms with E-state index in [2.05, 4.69) is 25.7 Å². The highest BCUT2D eigenvalue weighted by molar-refractivity contribution is 5.96. The summed E-state index contributed by atoms with van der Waals surface area (Å²) in [5.41, 5.74) is 1.39. The van der Waals surface area contributed by atoms with Gasteiger partial charge in [0.1, 0.15) is 18.0 Å². The number of tetrazole rings is 1. The average molecular weight is 428 g/mol. The van der Waals surface area contributed by atoms with E-state index in [9.17, 15) is 13.6 Å². The van der Waals surface area contributed by atoms with Crippen LogP contribution in [0.3, 0.4) is 0 Å². The topological polar surface area (TPSA) is 85.2 Å². The van der Waals surface area contributed by atoms with Crippen LogP contribution in [-0.4, -0.2) is 69.9 Å². The van der Waals surface area contributed by atoms with Gasteiger partial charge in [-0.25, -0.2) is 13.5 Å². The fourth-order valence-corrected chi connectivity index (χ4v) is 3.56. The third-order valence-corrected chi connectivity index (χ3v) is 5.05. The summed E-state index contributed by atoms with van der Waals surface area (Å²) in [6, 6.07) is 8.05. The van der Waals surface area contributed by atoms with Gasteiger partial charge in [0.05, 0.1) is 18.9 Å². The summed E-state index contributed by atoms with van der Waals surface area (Å²) in [5.74, 6) is -1.70. The van der Waals surface area contributed by atoms with Crippen LogP contribution in [0.25, 0.3) is 16.8 Å². The molecular weight excluding hydrogens is 406 g/mol. The fourth-order valence-electron chi connectivity index (χ4n) is 3.56. The molecule has 2 heterocycles. The lowest BCUT2D eigenvalue weighted by molar-refractivity contribution is 0.0342. The molecule has 1 amide bonds. The number of nitrogens with zero attached hydrogens (tertiary/aromatic N) is 5. The molecule has 2 aromatic carbocycles. The molecule has 0 spiro atoms. The van der Waals surface area contributed by atoms with Crippen LogP contribution in [-0.2, 0) is 4.74 Å². The lowest BCUT2D eigenvalue weighted by Gasteiger charge is -2.29. The van der Waals surface area contributed by atoms with E-state index in [0.29, 0.717) is 36.6 Å². The summed E-state index contributed by atoms with van der Waals surface area (Å²) >= 11 is 0. The Bertz CT molecular complexity index is 1050. The molecule has 0 aliphatic carbocycles. The van der Waals surface area contributed by atoms with E-state index in [1.54, 1.807) is 18.2 Å². The first-order valence-corrected chi connectivity index (χ1v) is 9.94. The van der Waals surface area contributed by atoms with Gasteiger partial charge in [0, 0.05) is 42.9 Å². The molecule has 8 nitrogen and oxygen atoms in total. The maximum Gasteiger partial charge on any atom is 0.251 e. The van der Waals surface area contributed by atoms with Gasteiger partial charge in [0.25, 0.3) is 5.91 Å². The number of carbonyl (C=O) groups is 1. The van der Waals surface area contributed by atoms with Crippen LogP contribution in [0.5, 0.6) is 0 Å². The van der Waals surface area contributed by atoms with Crippen LogP contribution in [0.1, 0.15) is 17.3 Å². The van der Waals surface area contributed by atoms with Gasteiger partial charge in [-0.05, 0) is 53.2 Å². The van der Waals surface area contributed by atoms with E-state index in [0.717, 1.165) is 19.2 Å². The number of rotatable bonds is 6. The van der Waals surface area contributed by atoms with Crippen molar-refractivity contribution in [3.05, 3.63) is 59.9 Å². The third kappa shape index (κ3) is 5.09. The molecule has 1 aliphatic heterocycles. The lowest BCUT2D eigenvalue weighted by Crippen LogP contribution is -2.46. The number of amides is 1. The monoisotopic (exact) mass is 428 g/mol. The number of benzene rings is 2. The van der Waals surface area contributed by atoms with Gasteiger partial charge in [-0.1, -0.05) is 0 Å². The van der Waals surface area contributed by atoms with Crippen molar-refractivity contribution < 1.29 is 18.3 Å². The highest BCUT2D eigenvalue weighted by Gasteiger charge is 2.18. The molecule has 0 radical (unpaired) electrons. The van der Waals surface area contributed by atoms with Crippen LogP contribution in [0.2, 0.25) is 0 Å². The molecule has 3 aromatic rings. The van der Waals surface area contributed by atoms with Gasteiger partial charge in [0.15, 0.2) is 0 Å². The highest BCUT2D eigenvalue weighted by atomic mass is 19.1. The fraction of sp³-hybridized carbons (Fsp3) is 0.333. The van der Waals surface area contributed by atoms with E-state index in [4.69, 9.17) is 4.74 Å². The van der Waals surface area contributed by atoms with Crippen LogP contribution < -0.4 is 5.32 Å². The van der Waals surface area contributed by atoms with E-state index in [1.165, 1.54) is 23.1 Å². The molecular formula is C21H22F2N6O2. The molecule has 1 aromatic heterocycles. The van der Waals surface area contributed by atoms with Gasteiger partial charge >= 0.3 is 0 Å². The standard InChI is InChI=1S/C21H22F2N6O2/c1-14(12-28-4-6-31-7-5-28)25-21(30)16-8-15(19-3-2-17(22)11-20(19)23)9-18(10-16)29-13-24-26-27-29/h2-3,8-11,13-14H,4-7,12H2,1H3,(H,25,30)/t14-/m1/s1. The second kappa shape index (κ2) is 9.27. The van der Waals surface area contributed by atoms with Crippen molar-refractivity contribution in [2.24, 2.45) is 0 Å². The number of hydrogen-bond acceptors (Lipinski definition) is 6. The zero-order valence-electron chi connectivity index (χ0n) is 17.0. The summed E-state index contributed by atoms with van der Waals surface area (Å²) in [6.45, 7) is 5.63. The van der Waals surface area contributed by atoms with Gasteiger partial charge in [-0.15, -0.1) is 5.10 Å². The number of hydrogen-bond donors (Lipinski definition) is 1. The summed E-state index contributed by atoms with van der Waals surface area (Å²) in [5, 5.41) is 14.1. The van der Waals surface area contributed by atoms with Crippen molar-refractivity contribution in [3.8, 4) is 16.8 Å². The quantitative estimate of drug-likeness (QED) is 0.647. The normalized spacial score (nSPS) is 15.6. The summed E-state index contributed by atoms with van der Waals surface area (Å²) in [7, 11) is 0. The Labute approximate surface area is 177 Å². The Morgan fingerprint density at radius 1 is 1.19 bits per heavy atom. The predicted octanol–water partition coefficient (Wildman–Crippen LogP) is 2.06. The Hall–Kier alpha value is -3.24. The molecule has 1 N–H and O–H groups in total. The molecule has 1 aliphatic rings. The molecule has 0 saturated carbocycles. The molecule has 31 heavy (non-hydrogen) atoms. The van der Waals surface area contributed by atoms with Gasteiger partial charge in [0.2, 0.25) is 0 Å². The van der Waals surface area contributed by atoms with Gasteiger partial charge < -0.3 is 10.1 Å². The molecule has 1 saturated heterocycles. The summed E-state index contributed by atoms with van der Waals surface area (Å²) < 4.78 is 34.5. The SMILES string of the molecule is C[C@H](CN1CCOCC1)NC(=O)c1cc(-c2ccc(F)cc2F)cc(-n2cnnn2)c1. The molecule has 10 heteroatoms. The second-order valence-corrected chi connectivity index (χ2v) is 7.43. The Morgan fingerprint density at radius 3 is 2.71 bits per heavy atom. The lowest BCUT2D eigenvalue weighted by atomic mass is 10.0. The number of morpholine rings is 1. The largest absolute Gasteiger partial charge is 0.379 e. The zero-order valence-corrected chi connectivity index (χ0v) is 17.0. The third-order valence-electron chi connectivity index (χ3n) is 5.05. The van der Waals surface area contributed by atoms with Crippen molar-refractivity contribution in [1.82, 2.24) is 30.4 Å². The van der Waals surface area contributed by atoms with Crippen molar-refractivity contribution >= 4 is 5.91 Å². The van der Waals surface area contributed by atoms with Crippen LogP contribution in [0, 0.1) is 11.6 Å². The van der Waals surface area contributed by atoms with E-state index >= 15 is 0 Å². The molecule has 162 valence electrons. The predicted molar refractivity (Wildman–Crippen MR) is 109 cm³/mol. The van der Waals surface area contributed by atoms with Crippen molar-refractivity contribution in [3.63, 3.8) is 0 Å². The first-order chi connectivity index (χ1) is 15.0. The Kier molecular flexibility index (Phi) is 6.28. The van der Waals surface area contributed by atoms with Crippen LogP contribution in [0.15, 0.2) is 42.7 Å². The van der Waals surface area contributed by atoms with E-state index in [-0.39, 0.29) is 17.5 Å². The molecule has 4 rings (SSSR count). The minimum absolute atomic E-state index is 0.103. The van der Waals surface area contributed by atoms with Crippen molar-refractivity contribution in [1.29, 1.82) is 0 Å². The van der Waals surface area contributed by atoms with Crippen LogP contribution >= 0.6 is 0 Å². The number of carbonyl (C=O) groups excluding carboxylic acids is 1. The number of ether oxygens (including phenoxy) is 1. The minimum atomic E-state index is -0.721. The number of halogens is 2. The smallest absolute Gasteiger partial charge is 0.251 e. The summed E-state index contributed by atoms with van der Waals surface area (Å²) in [4.78, 5) is 15.2.